The fourth-order valence-electron chi connectivity index (χ4n) is 5.33. The third-order valence-corrected chi connectivity index (χ3v) is 7.22. The van der Waals surface area contributed by atoms with Crippen LogP contribution in [-0.2, 0) is 17.6 Å². The highest BCUT2D eigenvalue weighted by molar-refractivity contribution is 6.47. The number of hydrogen-bond donors (Lipinski definition) is 2. The van der Waals surface area contributed by atoms with Crippen LogP contribution in [-0.4, -0.2) is 41.3 Å². The zero-order chi connectivity index (χ0) is 23.9. The first kappa shape index (κ1) is 24.6. The standard InChI is InChI=1S/C27H35BN2O4/c1-19(31)26-9-4-6-21-17-22(28(33)34-27(21)26)18-25(32)16-20-10-12-24(13-11-20)30-15-5-8-23-7-2-3-14-29-23/h2-4,6-7,9,14,20,22,24,30,33H,5,8,10-13,15-18H2,1H3/t20?,22-,24?/m1/s1. The van der Waals surface area contributed by atoms with E-state index in [9.17, 15) is 14.6 Å². The van der Waals surface area contributed by atoms with Crippen LogP contribution in [0.3, 0.4) is 0 Å². The second kappa shape index (κ2) is 11.8. The van der Waals surface area contributed by atoms with Crippen LogP contribution >= 0.6 is 0 Å². The number of aryl methyl sites for hydroxylation is 1. The minimum atomic E-state index is -1.05. The Hall–Kier alpha value is -2.51. The summed E-state index contributed by atoms with van der Waals surface area (Å²) in [6.07, 6.45) is 9.72. The Morgan fingerprint density at radius 3 is 2.68 bits per heavy atom. The Kier molecular flexibility index (Phi) is 8.51. The van der Waals surface area contributed by atoms with E-state index in [0.717, 1.165) is 56.3 Å². The Morgan fingerprint density at radius 2 is 1.94 bits per heavy atom. The molecule has 34 heavy (non-hydrogen) atoms. The second-order valence-electron chi connectivity index (χ2n) is 9.87. The Bertz CT molecular complexity index is 976. The lowest BCUT2D eigenvalue weighted by atomic mass is 9.64. The van der Waals surface area contributed by atoms with Gasteiger partial charge in [0.2, 0.25) is 0 Å². The topological polar surface area (TPSA) is 88.5 Å². The van der Waals surface area contributed by atoms with Crippen LogP contribution in [0.5, 0.6) is 5.75 Å². The highest BCUT2D eigenvalue weighted by Gasteiger charge is 2.37. The molecular formula is C27H35BN2O4. The van der Waals surface area contributed by atoms with Crippen LogP contribution in [0.25, 0.3) is 0 Å². The van der Waals surface area contributed by atoms with Crippen LogP contribution in [0.4, 0.5) is 0 Å². The summed E-state index contributed by atoms with van der Waals surface area (Å²) >= 11 is 0. The van der Waals surface area contributed by atoms with Crippen LogP contribution < -0.4 is 9.97 Å². The lowest BCUT2D eigenvalue weighted by Crippen LogP contribution is -2.36. The number of carbonyl (C=O) groups is 2. The number of pyridine rings is 1. The van der Waals surface area contributed by atoms with Crippen molar-refractivity contribution in [1.82, 2.24) is 10.3 Å². The van der Waals surface area contributed by atoms with Gasteiger partial charge < -0.3 is 15.0 Å². The lowest BCUT2D eigenvalue weighted by molar-refractivity contribution is -0.120. The molecule has 4 rings (SSSR count). The molecule has 180 valence electrons. The van der Waals surface area contributed by atoms with E-state index in [-0.39, 0.29) is 17.4 Å². The zero-order valence-electron chi connectivity index (χ0n) is 20.0. The number of fused-ring (bicyclic) bond motifs is 1. The molecule has 1 aromatic carbocycles. The Balaban J connectivity index is 1.17. The van der Waals surface area contributed by atoms with Gasteiger partial charge in [0.25, 0.3) is 0 Å². The molecule has 0 radical (unpaired) electrons. The van der Waals surface area contributed by atoms with Crippen LogP contribution in [0.1, 0.15) is 73.5 Å². The van der Waals surface area contributed by atoms with E-state index in [1.807, 2.05) is 30.5 Å². The van der Waals surface area contributed by atoms with Gasteiger partial charge in [-0.3, -0.25) is 14.6 Å². The smallest absolute Gasteiger partial charge is 0.526 e. The van der Waals surface area contributed by atoms with Crippen molar-refractivity contribution in [3.63, 3.8) is 0 Å². The maximum absolute atomic E-state index is 12.8. The van der Waals surface area contributed by atoms with Crippen molar-refractivity contribution in [3.05, 3.63) is 59.4 Å². The van der Waals surface area contributed by atoms with E-state index in [2.05, 4.69) is 16.4 Å². The first-order valence-electron chi connectivity index (χ1n) is 12.6. The van der Waals surface area contributed by atoms with Gasteiger partial charge in [0.1, 0.15) is 11.5 Å². The number of hydrogen-bond acceptors (Lipinski definition) is 6. The summed E-state index contributed by atoms with van der Waals surface area (Å²) in [6, 6.07) is 12.0. The maximum atomic E-state index is 12.8. The van der Waals surface area contributed by atoms with Crippen molar-refractivity contribution in [1.29, 1.82) is 0 Å². The fourth-order valence-corrected chi connectivity index (χ4v) is 5.33. The molecule has 1 aliphatic heterocycles. The maximum Gasteiger partial charge on any atom is 0.526 e. The number of benzene rings is 1. The van der Waals surface area contributed by atoms with Gasteiger partial charge >= 0.3 is 7.12 Å². The molecule has 0 bridgehead atoms. The molecule has 0 amide bonds. The molecule has 2 aliphatic rings. The molecule has 2 aromatic rings. The second-order valence-corrected chi connectivity index (χ2v) is 9.87. The molecule has 2 N–H and O–H groups in total. The van der Waals surface area contributed by atoms with Crippen molar-refractivity contribution in [2.75, 3.05) is 6.54 Å². The molecule has 2 heterocycles. The summed E-state index contributed by atoms with van der Waals surface area (Å²) in [5.74, 6) is 0.746. The van der Waals surface area contributed by atoms with E-state index in [1.165, 1.54) is 6.92 Å². The van der Waals surface area contributed by atoms with Crippen molar-refractivity contribution >= 4 is 18.7 Å². The lowest BCUT2D eigenvalue weighted by Gasteiger charge is -2.30. The summed E-state index contributed by atoms with van der Waals surface area (Å²) < 4.78 is 5.69. The van der Waals surface area contributed by atoms with E-state index in [4.69, 9.17) is 4.65 Å². The molecule has 7 heteroatoms. The van der Waals surface area contributed by atoms with Gasteiger partial charge in [0.05, 0.1) is 5.56 Å². The van der Waals surface area contributed by atoms with E-state index in [0.29, 0.717) is 42.5 Å². The Morgan fingerprint density at radius 1 is 1.12 bits per heavy atom. The van der Waals surface area contributed by atoms with E-state index >= 15 is 0 Å². The molecule has 6 nitrogen and oxygen atoms in total. The molecule has 0 spiro atoms. The highest BCUT2D eigenvalue weighted by atomic mass is 16.5. The molecule has 1 fully saturated rings. The molecule has 0 unspecified atom stereocenters. The molecule has 1 aliphatic carbocycles. The molecule has 1 aromatic heterocycles. The number of nitrogens with zero attached hydrogens (tertiary/aromatic N) is 1. The first-order valence-corrected chi connectivity index (χ1v) is 12.6. The summed E-state index contributed by atoms with van der Waals surface area (Å²) in [4.78, 5) is 29.0. The summed E-state index contributed by atoms with van der Waals surface area (Å²) in [6.45, 7) is 2.49. The summed E-state index contributed by atoms with van der Waals surface area (Å²) in [5, 5.41) is 14.2. The minimum absolute atomic E-state index is 0.0862. The van der Waals surface area contributed by atoms with Crippen LogP contribution in [0, 0.1) is 5.92 Å². The van der Waals surface area contributed by atoms with Gasteiger partial charge in [0, 0.05) is 36.6 Å². The number of para-hydroxylation sites is 1. The van der Waals surface area contributed by atoms with Crippen molar-refractivity contribution < 1.29 is 19.3 Å². The third kappa shape index (κ3) is 6.54. The largest absolute Gasteiger partial charge is 0.535 e. The number of nitrogens with one attached hydrogen (secondary N) is 1. The SMILES string of the molecule is CC(=O)c1cccc2c1OB(O)[C@@H](CC(=O)CC1CCC(NCCCc3ccccn3)CC1)C2. The van der Waals surface area contributed by atoms with Gasteiger partial charge in [-0.25, -0.2) is 0 Å². The Labute approximate surface area is 202 Å². The zero-order valence-corrected chi connectivity index (χ0v) is 20.0. The molecular weight excluding hydrogens is 427 g/mol. The number of Topliss-reactive ketones (excluding diaryl/α,β-unsaturated/α-hetero) is 2. The fraction of sp³-hybridized carbons (Fsp3) is 0.519. The minimum Gasteiger partial charge on any atom is -0.535 e. The monoisotopic (exact) mass is 462 g/mol. The molecule has 1 atom stereocenters. The number of rotatable bonds is 10. The average Bonchev–Trinajstić information content (AvgIpc) is 2.83. The molecule has 1 saturated carbocycles. The van der Waals surface area contributed by atoms with Crippen molar-refractivity contribution in [2.45, 2.75) is 76.6 Å². The normalized spacial score (nSPS) is 22.1. The van der Waals surface area contributed by atoms with Crippen molar-refractivity contribution in [3.8, 4) is 5.75 Å². The van der Waals surface area contributed by atoms with Crippen LogP contribution in [0.15, 0.2) is 42.6 Å². The van der Waals surface area contributed by atoms with Gasteiger partial charge in [-0.1, -0.05) is 18.2 Å². The third-order valence-electron chi connectivity index (χ3n) is 7.22. The first-order chi connectivity index (χ1) is 16.5. The number of aromatic nitrogens is 1. The average molecular weight is 462 g/mol. The van der Waals surface area contributed by atoms with Gasteiger partial charge in [-0.05, 0) is 88.1 Å². The van der Waals surface area contributed by atoms with Crippen LogP contribution in [0.2, 0.25) is 5.82 Å². The number of carbonyl (C=O) groups excluding carboxylic acids is 2. The van der Waals surface area contributed by atoms with Gasteiger partial charge in [-0.2, -0.15) is 0 Å². The summed E-state index contributed by atoms with van der Waals surface area (Å²) in [7, 11) is -1.05. The predicted molar refractivity (Wildman–Crippen MR) is 133 cm³/mol. The van der Waals surface area contributed by atoms with Gasteiger partial charge in [0.15, 0.2) is 5.78 Å². The summed E-state index contributed by atoms with van der Waals surface area (Å²) in [5.41, 5.74) is 2.52. The van der Waals surface area contributed by atoms with Gasteiger partial charge in [-0.15, -0.1) is 0 Å². The highest BCUT2D eigenvalue weighted by Crippen LogP contribution is 2.37. The van der Waals surface area contributed by atoms with Crippen molar-refractivity contribution in [2.24, 2.45) is 5.92 Å². The van der Waals surface area contributed by atoms with E-state index < -0.39 is 7.12 Å². The predicted octanol–water partition coefficient (Wildman–Crippen LogP) is 4.20. The number of ketones is 2. The molecule has 0 saturated heterocycles. The quantitative estimate of drug-likeness (QED) is 0.313. The van der Waals surface area contributed by atoms with E-state index in [1.54, 1.807) is 6.07 Å².